The Morgan fingerprint density at radius 2 is 2.11 bits per heavy atom. The fraction of sp³-hybridized carbons (Fsp3) is 0.333. The second-order valence-electron chi connectivity index (χ2n) is 3.63. The van der Waals surface area contributed by atoms with E-state index >= 15 is 0 Å². The van der Waals surface area contributed by atoms with Crippen molar-refractivity contribution in [1.29, 1.82) is 0 Å². The molecule has 0 saturated carbocycles. The van der Waals surface area contributed by atoms with Crippen LogP contribution in [0.3, 0.4) is 0 Å². The second-order valence-corrected chi connectivity index (χ2v) is 4.04. The number of benzene rings is 1. The first-order valence-corrected chi connectivity index (χ1v) is 5.71. The molecule has 18 heavy (non-hydrogen) atoms. The first-order valence-electron chi connectivity index (χ1n) is 5.34. The highest BCUT2D eigenvalue weighted by molar-refractivity contribution is 6.31. The van der Waals surface area contributed by atoms with Crippen LogP contribution in [0.25, 0.3) is 0 Å². The number of hydrogen-bond acceptors (Lipinski definition) is 3. The van der Waals surface area contributed by atoms with Crippen LogP contribution < -0.4 is 10.1 Å². The molecule has 98 valence electrons. The Kier molecular flexibility index (Phi) is 5.45. The predicted octanol–water partition coefficient (Wildman–Crippen LogP) is 1.83. The molecule has 1 amide bonds. The van der Waals surface area contributed by atoms with E-state index in [1.165, 1.54) is 0 Å². The van der Waals surface area contributed by atoms with Crippen LogP contribution in [0.1, 0.15) is 18.4 Å². The van der Waals surface area contributed by atoms with Gasteiger partial charge in [-0.2, -0.15) is 0 Å². The molecule has 0 radical (unpaired) electrons. The lowest BCUT2D eigenvalue weighted by Crippen LogP contribution is -2.23. The van der Waals surface area contributed by atoms with Gasteiger partial charge in [0.1, 0.15) is 5.75 Å². The van der Waals surface area contributed by atoms with Crippen LogP contribution in [-0.4, -0.2) is 24.1 Å². The van der Waals surface area contributed by atoms with E-state index in [0.717, 1.165) is 5.56 Å². The molecule has 5 nitrogen and oxygen atoms in total. The molecule has 6 heteroatoms. The van der Waals surface area contributed by atoms with Crippen LogP contribution in [0.15, 0.2) is 18.2 Å². The minimum absolute atomic E-state index is 0.0386. The van der Waals surface area contributed by atoms with Gasteiger partial charge in [-0.05, 0) is 17.7 Å². The van der Waals surface area contributed by atoms with Crippen molar-refractivity contribution in [1.82, 2.24) is 5.32 Å². The lowest BCUT2D eigenvalue weighted by Gasteiger charge is -2.08. The summed E-state index contributed by atoms with van der Waals surface area (Å²) in [5, 5.41) is 11.5. The molecule has 1 aromatic carbocycles. The van der Waals surface area contributed by atoms with Crippen LogP contribution in [0.5, 0.6) is 5.75 Å². The molecule has 0 fully saturated rings. The average molecular weight is 272 g/mol. The first kappa shape index (κ1) is 14.3. The number of hydrogen-bond donors (Lipinski definition) is 2. The minimum Gasteiger partial charge on any atom is -0.497 e. The molecule has 0 aliphatic carbocycles. The van der Waals surface area contributed by atoms with Gasteiger partial charge in [0, 0.05) is 18.0 Å². The fourth-order valence-electron chi connectivity index (χ4n) is 1.30. The summed E-state index contributed by atoms with van der Waals surface area (Å²) in [6.45, 7) is 0.265. The Morgan fingerprint density at radius 3 is 2.67 bits per heavy atom. The number of rotatable bonds is 6. The summed E-state index contributed by atoms with van der Waals surface area (Å²) >= 11 is 5.99. The Bertz CT molecular complexity index is 448. The molecule has 0 aromatic heterocycles. The Morgan fingerprint density at radius 1 is 1.39 bits per heavy atom. The number of ether oxygens (including phenoxy) is 1. The van der Waals surface area contributed by atoms with Crippen molar-refractivity contribution in [2.75, 3.05) is 7.11 Å². The molecular weight excluding hydrogens is 258 g/mol. The molecule has 1 aromatic rings. The van der Waals surface area contributed by atoms with Gasteiger partial charge in [0.15, 0.2) is 0 Å². The number of carboxylic acids is 1. The number of carbonyl (C=O) groups excluding carboxylic acids is 1. The third-order valence-corrected chi connectivity index (χ3v) is 2.65. The third kappa shape index (κ3) is 4.63. The topological polar surface area (TPSA) is 75.6 Å². The van der Waals surface area contributed by atoms with E-state index in [0.29, 0.717) is 10.8 Å². The maximum Gasteiger partial charge on any atom is 0.303 e. The van der Waals surface area contributed by atoms with Crippen molar-refractivity contribution in [3.63, 3.8) is 0 Å². The summed E-state index contributed by atoms with van der Waals surface area (Å²) in [4.78, 5) is 21.6. The summed E-state index contributed by atoms with van der Waals surface area (Å²) in [7, 11) is 1.54. The smallest absolute Gasteiger partial charge is 0.303 e. The van der Waals surface area contributed by atoms with Gasteiger partial charge >= 0.3 is 5.97 Å². The van der Waals surface area contributed by atoms with Gasteiger partial charge < -0.3 is 15.2 Å². The number of amides is 1. The fourth-order valence-corrected chi connectivity index (χ4v) is 1.54. The van der Waals surface area contributed by atoms with Gasteiger partial charge in [-0.1, -0.05) is 17.7 Å². The van der Waals surface area contributed by atoms with Crippen molar-refractivity contribution in [2.45, 2.75) is 19.4 Å². The number of methoxy groups -OCH3 is 1. The summed E-state index contributed by atoms with van der Waals surface area (Å²) < 4.78 is 5.00. The number of carbonyl (C=O) groups is 2. The zero-order chi connectivity index (χ0) is 13.5. The SMILES string of the molecule is COc1ccc(CNC(=O)CCC(=O)O)c(Cl)c1. The number of halogens is 1. The molecule has 0 atom stereocenters. The Hall–Kier alpha value is -1.75. The molecule has 1 rings (SSSR count). The van der Waals surface area contributed by atoms with Crippen LogP contribution in [0, 0.1) is 0 Å². The van der Waals surface area contributed by atoms with Crippen LogP contribution >= 0.6 is 11.6 Å². The predicted molar refractivity (Wildman–Crippen MR) is 66.7 cm³/mol. The number of carboxylic acid groups (broad SMARTS) is 1. The summed E-state index contributed by atoms with van der Waals surface area (Å²) in [6.07, 6.45) is -0.217. The van der Waals surface area contributed by atoms with Crippen LogP contribution in [0.4, 0.5) is 0 Å². The monoisotopic (exact) mass is 271 g/mol. The van der Waals surface area contributed by atoms with Gasteiger partial charge in [-0.15, -0.1) is 0 Å². The quantitative estimate of drug-likeness (QED) is 0.828. The number of aliphatic carboxylic acids is 1. The second kappa shape index (κ2) is 6.86. The van der Waals surface area contributed by atoms with Crippen LogP contribution in [0.2, 0.25) is 5.02 Å². The molecular formula is C12H14ClNO4. The molecule has 0 heterocycles. The maximum atomic E-state index is 11.3. The van der Waals surface area contributed by atoms with Gasteiger partial charge in [0.05, 0.1) is 13.5 Å². The van der Waals surface area contributed by atoms with E-state index in [1.54, 1.807) is 25.3 Å². The van der Waals surface area contributed by atoms with Crippen molar-refractivity contribution in [2.24, 2.45) is 0 Å². The Labute approximate surface area is 110 Å². The zero-order valence-electron chi connectivity index (χ0n) is 9.90. The molecule has 0 aliphatic rings. The number of nitrogens with one attached hydrogen (secondary N) is 1. The van der Waals surface area contributed by atoms with Gasteiger partial charge in [-0.25, -0.2) is 0 Å². The van der Waals surface area contributed by atoms with E-state index < -0.39 is 5.97 Å². The molecule has 0 aliphatic heterocycles. The van der Waals surface area contributed by atoms with Gasteiger partial charge in [0.25, 0.3) is 0 Å². The van der Waals surface area contributed by atoms with E-state index in [4.69, 9.17) is 21.4 Å². The molecule has 0 spiro atoms. The van der Waals surface area contributed by atoms with E-state index in [2.05, 4.69) is 5.32 Å². The lowest BCUT2D eigenvalue weighted by molar-refractivity contribution is -0.138. The molecule has 2 N–H and O–H groups in total. The molecule has 0 unspecified atom stereocenters. The van der Waals surface area contributed by atoms with Crippen molar-refractivity contribution in [3.8, 4) is 5.75 Å². The lowest BCUT2D eigenvalue weighted by atomic mass is 10.2. The average Bonchev–Trinajstić information content (AvgIpc) is 2.34. The first-order chi connectivity index (χ1) is 8.52. The standard InChI is InChI=1S/C12H14ClNO4/c1-18-9-3-2-8(10(13)6-9)7-14-11(15)4-5-12(16)17/h2-3,6H,4-5,7H2,1H3,(H,14,15)(H,16,17). The van der Waals surface area contributed by atoms with Crippen molar-refractivity contribution >= 4 is 23.5 Å². The van der Waals surface area contributed by atoms with E-state index in [-0.39, 0.29) is 25.3 Å². The van der Waals surface area contributed by atoms with Crippen LogP contribution in [-0.2, 0) is 16.1 Å². The van der Waals surface area contributed by atoms with Gasteiger partial charge in [0.2, 0.25) is 5.91 Å². The summed E-state index contributed by atoms with van der Waals surface area (Å²) in [5.74, 6) is -0.669. The Balaban J connectivity index is 2.48. The van der Waals surface area contributed by atoms with E-state index in [9.17, 15) is 9.59 Å². The summed E-state index contributed by atoms with van der Waals surface area (Å²) in [5.41, 5.74) is 0.751. The summed E-state index contributed by atoms with van der Waals surface area (Å²) in [6, 6.07) is 5.14. The van der Waals surface area contributed by atoms with E-state index in [1.807, 2.05) is 0 Å². The van der Waals surface area contributed by atoms with Crippen molar-refractivity contribution in [3.05, 3.63) is 28.8 Å². The normalized spacial score (nSPS) is 9.89. The third-order valence-electron chi connectivity index (χ3n) is 2.30. The highest BCUT2D eigenvalue weighted by Gasteiger charge is 2.07. The zero-order valence-corrected chi connectivity index (χ0v) is 10.7. The maximum absolute atomic E-state index is 11.3. The van der Waals surface area contributed by atoms with Crippen molar-refractivity contribution < 1.29 is 19.4 Å². The highest BCUT2D eigenvalue weighted by Crippen LogP contribution is 2.22. The highest BCUT2D eigenvalue weighted by atomic mass is 35.5. The minimum atomic E-state index is -0.993. The largest absolute Gasteiger partial charge is 0.497 e. The molecule has 0 bridgehead atoms. The molecule has 0 saturated heterocycles. The van der Waals surface area contributed by atoms with Gasteiger partial charge in [-0.3, -0.25) is 9.59 Å².